The number of halogens is 1. The normalized spacial score (nSPS) is 18.4. The average Bonchev–Trinajstić information content (AvgIpc) is 3.91. The Bertz CT molecular complexity index is 1920. The molecular weight excluding hydrogens is 918 g/mol. The molecule has 5 rings (SSSR count). The van der Waals surface area contributed by atoms with Crippen molar-refractivity contribution in [1.82, 2.24) is 41.5 Å². The second kappa shape index (κ2) is 31.8. The van der Waals surface area contributed by atoms with Crippen LogP contribution in [0.2, 0.25) is 0 Å². The van der Waals surface area contributed by atoms with Crippen molar-refractivity contribution in [3.05, 3.63) is 48.9 Å². The maximum Gasteiger partial charge on any atom is 0.315 e. The number of unbranched alkanes of at least 4 members (excludes halogenated alkanes) is 1. The topological polar surface area (TPSA) is 242 Å². The van der Waals surface area contributed by atoms with E-state index in [1.165, 1.54) is 6.08 Å². The first-order chi connectivity index (χ1) is 33.7. The number of piperidine rings is 1. The molecule has 3 aliphatic heterocycles. The Labute approximate surface area is 408 Å². The number of nitrogens with zero attached hydrogens (tertiary/aromatic N) is 3. The summed E-state index contributed by atoms with van der Waals surface area (Å²) in [7, 11) is 0. The van der Waals surface area contributed by atoms with Crippen LogP contribution in [0.15, 0.2) is 43.1 Å². The molecular formula is C47H70FN9O11S. The van der Waals surface area contributed by atoms with Crippen LogP contribution in [-0.2, 0) is 38.1 Å². The average molecular weight is 988 g/mol. The van der Waals surface area contributed by atoms with Gasteiger partial charge < -0.3 is 65.2 Å². The van der Waals surface area contributed by atoms with Crippen molar-refractivity contribution >= 4 is 53.1 Å². The minimum atomic E-state index is -0.705. The third-order valence-electron chi connectivity index (χ3n) is 11.2. The van der Waals surface area contributed by atoms with E-state index in [4.69, 9.17) is 28.4 Å². The maximum absolute atomic E-state index is 14.5. The maximum atomic E-state index is 14.5. The highest BCUT2D eigenvalue weighted by molar-refractivity contribution is 8.00. The molecule has 4 atom stereocenters. The Morgan fingerprint density at radius 1 is 0.826 bits per heavy atom. The van der Waals surface area contributed by atoms with Gasteiger partial charge in [-0.3, -0.25) is 19.2 Å². The number of hydrogen-bond donors (Lipinski definition) is 6. The quantitative estimate of drug-likeness (QED) is 0.0330. The van der Waals surface area contributed by atoms with E-state index in [1.54, 1.807) is 29.2 Å². The molecule has 4 heterocycles. The van der Waals surface area contributed by atoms with Gasteiger partial charge in [0.2, 0.25) is 35.4 Å². The fraction of sp³-hybridized carbons (Fsp3) is 0.638. The summed E-state index contributed by atoms with van der Waals surface area (Å²) in [6.45, 7) is 9.49. The smallest absolute Gasteiger partial charge is 0.315 e. The highest BCUT2D eigenvalue weighted by atomic mass is 32.2. The zero-order chi connectivity index (χ0) is 48.9. The van der Waals surface area contributed by atoms with Crippen LogP contribution < -0.4 is 41.4 Å². The van der Waals surface area contributed by atoms with Crippen LogP contribution in [-0.4, -0.2) is 166 Å². The number of amides is 6. The number of hydrogen-bond acceptors (Lipinski definition) is 15. The predicted octanol–water partition coefficient (Wildman–Crippen LogP) is 3.39. The molecule has 4 unspecified atom stereocenters. The molecule has 2 aromatic rings. The number of likely N-dealkylation sites (tertiary alicyclic amines) is 1. The van der Waals surface area contributed by atoms with E-state index >= 15 is 0 Å². The number of thioether (sulfide) groups is 1. The summed E-state index contributed by atoms with van der Waals surface area (Å²) < 4.78 is 48.4. The first-order valence-electron chi connectivity index (χ1n) is 24.1. The number of nitrogens with one attached hydrogen (secondary N) is 6. The number of ether oxygens (including phenoxy) is 6. The molecule has 22 heteroatoms. The molecule has 0 bridgehead atoms. The Balaban J connectivity index is 0.752. The monoisotopic (exact) mass is 987 g/mol. The van der Waals surface area contributed by atoms with Gasteiger partial charge in [-0.1, -0.05) is 19.1 Å². The van der Waals surface area contributed by atoms with Gasteiger partial charge in [-0.15, -0.1) is 0 Å². The van der Waals surface area contributed by atoms with Gasteiger partial charge in [-0.05, 0) is 63.2 Å². The van der Waals surface area contributed by atoms with Crippen LogP contribution in [0.3, 0.4) is 0 Å². The molecule has 1 aromatic heterocycles. The summed E-state index contributed by atoms with van der Waals surface area (Å²) in [5.74, 6) is 0.324. The van der Waals surface area contributed by atoms with Gasteiger partial charge in [0.15, 0.2) is 0 Å². The summed E-state index contributed by atoms with van der Waals surface area (Å²) in [6.07, 6.45) is 8.87. The summed E-state index contributed by atoms with van der Waals surface area (Å²) in [4.78, 5) is 69.8. The number of carbonyl (C=O) groups excluding carboxylic acids is 5. The number of fused-ring (bicyclic) bond motifs is 1. The third kappa shape index (κ3) is 21.5. The van der Waals surface area contributed by atoms with Gasteiger partial charge in [0, 0.05) is 81.4 Å². The molecule has 3 aliphatic rings. The van der Waals surface area contributed by atoms with Crippen molar-refractivity contribution in [3.63, 3.8) is 0 Å². The summed E-state index contributed by atoms with van der Waals surface area (Å²) >= 11 is 1.89. The van der Waals surface area contributed by atoms with Crippen LogP contribution in [0.5, 0.6) is 11.6 Å². The largest absolute Gasteiger partial charge is 0.491 e. The van der Waals surface area contributed by atoms with Gasteiger partial charge in [-0.2, -0.15) is 21.1 Å². The third-order valence-corrected chi connectivity index (χ3v) is 12.7. The predicted molar refractivity (Wildman–Crippen MR) is 257 cm³/mol. The van der Waals surface area contributed by atoms with E-state index in [0.29, 0.717) is 128 Å². The first kappa shape index (κ1) is 54.6. The number of carbonyl (C=O) groups is 5. The Morgan fingerprint density at radius 3 is 2.22 bits per heavy atom. The zero-order valence-corrected chi connectivity index (χ0v) is 40.3. The second-order valence-corrected chi connectivity index (χ2v) is 17.9. The lowest BCUT2D eigenvalue weighted by atomic mass is 10.0. The van der Waals surface area contributed by atoms with Crippen molar-refractivity contribution in [2.24, 2.45) is 0 Å². The van der Waals surface area contributed by atoms with Crippen LogP contribution in [0.4, 0.5) is 20.8 Å². The number of aromatic nitrogens is 2. The molecule has 6 N–H and O–H groups in total. The molecule has 0 aliphatic carbocycles. The Hall–Kier alpha value is -5.29. The van der Waals surface area contributed by atoms with Crippen LogP contribution in [0.1, 0.15) is 70.6 Å². The van der Waals surface area contributed by atoms with Crippen LogP contribution in [0, 0.1) is 5.82 Å². The number of rotatable bonds is 35. The summed E-state index contributed by atoms with van der Waals surface area (Å²) in [5.41, 5.74) is 0.610. The van der Waals surface area contributed by atoms with E-state index in [-0.39, 0.29) is 73.0 Å². The molecule has 3 fully saturated rings. The fourth-order valence-corrected chi connectivity index (χ4v) is 9.23. The molecule has 69 heavy (non-hydrogen) atoms. The van der Waals surface area contributed by atoms with Crippen molar-refractivity contribution in [3.8, 4) is 11.6 Å². The molecule has 3 saturated heterocycles. The minimum Gasteiger partial charge on any atom is -0.491 e. The van der Waals surface area contributed by atoms with E-state index in [9.17, 15) is 28.4 Å². The molecule has 1 aromatic carbocycles. The SMILES string of the molecule is C=CC(=O)N1CCCC(Oc2nc(Nc3cccc(OCCOCCNC(=O)CCCC(=O)NCCCOCCOCCOCCCNC(=O)CCCCC4SCC5NC(=O)NC54)c3)ncc2F)C1. The minimum absolute atomic E-state index is 0.0573. The van der Waals surface area contributed by atoms with Gasteiger partial charge in [0.25, 0.3) is 5.88 Å². The zero-order valence-electron chi connectivity index (χ0n) is 39.5. The van der Waals surface area contributed by atoms with Crippen molar-refractivity contribution < 1.29 is 56.8 Å². The van der Waals surface area contributed by atoms with E-state index in [2.05, 4.69) is 48.4 Å². The number of anilines is 2. The van der Waals surface area contributed by atoms with Crippen LogP contribution in [0.25, 0.3) is 0 Å². The highest BCUT2D eigenvalue weighted by Crippen LogP contribution is 2.33. The fourth-order valence-electron chi connectivity index (χ4n) is 7.69. The first-order valence-corrected chi connectivity index (χ1v) is 25.1. The highest BCUT2D eigenvalue weighted by Gasteiger charge is 2.42. The van der Waals surface area contributed by atoms with Crippen LogP contribution >= 0.6 is 11.8 Å². The standard InChI is InChI=1S/C47H70FN9O11S/c1-2-43(61)57-20-7-12-36(32-57)68-45-37(48)31-52-46(56-45)53-34-10-5-11-35(30-34)67-29-28-65-23-19-51-42(60)16-6-15-41(59)50-18-9-22-64-25-27-66-26-24-63-21-8-17-49-40(58)14-4-3-13-39-44-38(33-69-39)54-47(62)55-44/h2,5,10-11,30-31,36,38-39,44H,1,3-4,6-9,12-29,32-33H2,(H,49,58)(H,50,59)(H,51,60)(H,52,53,56)(H2,54,55,62). The second-order valence-electron chi connectivity index (χ2n) is 16.6. The molecule has 0 radical (unpaired) electrons. The lowest BCUT2D eigenvalue weighted by molar-refractivity contribution is -0.128. The molecule has 20 nitrogen and oxygen atoms in total. The van der Waals surface area contributed by atoms with Gasteiger partial charge in [0.1, 0.15) is 18.5 Å². The summed E-state index contributed by atoms with van der Waals surface area (Å²) in [6, 6.07) is 7.45. The van der Waals surface area contributed by atoms with Crippen molar-refractivity contribution in [2.75, 3.05) is 103 Å². The van der Waals surface area contributed by atoms with E-state index in [1.807, 2.05) is 11.8 Å². The Kier molecular flexibility index (Phi) is 25.2. The van der Waals surface area contributed by atoms with E-state index < -0.39 is 11.9 Å². The molecule has 0 spiro atoms. The van der Waals surface area contributed by atoms with Gasteiger partial charge in [0.05, 0.1) is 64.5 Å². The lowest BCUT2D eigenvalue weighted by Crippen LogP contribution is -2.43. The van der Waals surface area contributed by atoms with Crippen molar-refractivity contribution in [1.29, 1.82) is 0 Å². The van der Waals surface area contributed by atoms with Gasteiger partial charge in [-0.25, -0.2) is 9.78 Å². The lowest BCUT2D eigenvalue weighted by Gasteiger charge is -2.32. The molecule has 382 valence electrons. The number of urea groups is 1. The van der Waals surface area contributed by atoms with E-state index in [0.717, 1.165) is 44.1 Å². The summed E-state index contributed by atoms with van der Waals surface area (Å²) in [5, 5.41) is 18.0. The van der Waals surface area contributed by atoms with Gasteiger partial charge >= 0.3 is 6.03 Å². The van der Waals surface area contributed by atoms with Crippen molar-refractivity contribution in [2.45, 2.75) is 94.1 Å². The number of benzene rings is 1. The Morgan fingerprint density at radius 2 is 1.49 bits per heavy atom. The molecule has 0 saturated carbocycles. The molecule has 6 amide bonds.